The Morgan fingerprint density at radius 1 is 0.970 bits per heavy atom. The quantitative estimate of drug-likeness (QED) is 0.346. The van der Waals surface area contributed by atoms with E-state index in [9.17, 15) is 19.1 Å². The predicted octanol–water partition coefficient (Wildman–Crippen LogP) is 4.78. The number of Topliss-reactive ketones (excluding diaryl/α,β-unsaturated/α-hetero) is 1. The van der Waals surface area contributed by atoms with Crippen molar-refractivity contribution in [1.29, 1.82) is 0 Å². The number of halogens is 1. The molecule has 3 aromatic rings. The Balaban J connectivity index is 1.99. The zero-order valence-electron chi connectivity index (χ0n) is 18.3. The van der Waals surface area contributed by atoms with Crippen LogP contribution in [0.25, 0.3) is 5.76 Å². The smallest absolute Gasteiger partial charge is 0.300 e. The normalized spacial score (nSPS) is 17.3. The number of aliphatic hydroxyl groups is 1. The van der Waals surface area contributed by atoms with E-state index in [4.69, 9.17) is 9.47 Å². The van der Waals surface area contributed by atoms with Gasteiger partial charge in [0.25, 0.3) is 11.7 Å². The standard InChI is InChI=1S/C26H22FNO5/c1-15-7-12-21(33-3)20(13-15)24(29)22-23(16-5-4-6-19(14-16)32-2)28(26(31)25(22)30)18-10-8-17(27)9-11-18/h4-14,23,29H,1-3H3/b24-22+. The van der Waals surface area contributed by atoms with E-state index >= 15 is 0 Å². The summed E-state index contributed by atoms with van der Waals surface area (Å²) >= 11 is 0. The lowest BCUT2D eigenvalue weighted by Crippen LogP contribution is -2.29. The Hall–Kier alpha value is -4.13. The zero-order valence-corrected chi connectivity index (χ0v) is 18.3. The Labute approximate surface area is 190 Å². The van der Waals surface area contributed by atoms with Crippen LogP contribution in [0.15, 0.2) is 72.3 Å². The minimum absolute atomic E-state index is 0.0959. The van der Waals surface area contributed by atoms with Crippen LogP contribution in [0.3, 0.4) is 0 Å². The van der Waals surface area contributed by atoms with Crippen molar-refractivity contribution in [2.24, 2.45) is 0 Å². The molecule has 0 bridgehead atoms. The number of hydrogen-bond acceptors (Lipinski definition) is 5. The number of hydrogen-bond donors (Lipinski definition) is 1. The molecule has 0 spiro atoms. The van der Waals surface area contributed by atoms with Crippen molar-refractivity contribution in [2.75, 3.05) is 19.1 Å². The number of anilines is 1. The molecule has 1 amide bonds. The lowest BCUT2D eigenvalue weighted by atomic mass is 9.94. The van der Waals surface area contributed by atoms with E-state index in [1.165, 1.54) is 43.4 Å². The summed E-state index contributed by atoms with van der Waals surface area (Å²) in [5.74, 6) is -1.64. The second-order valence-electron chi connectivity index (χ2n) is 7.63. The van der Waals surface area contributed by atoms with Crippen molar-refractivity contribution >= 4 is 23.1 Å². The SMILES string of the molecule is COc1cccc(C2/C(=C(\O)c3cc(C)ccc3OC)C(=O)C(=O)N2c2ccc(F)cc2)c1. The summed E-state index contributed by atoms with van der Waals surface area (Å²) in [5.41, 5.74) is 1.90. The number of methoxy groups -OCH3 is 2. The summed E-state index contributed by atoms with van der Waals surface area (Å²) in [4.78, 5) is 27.7. The maximum absolute atomic E-state index is 13.6. The average Bonchev–Trinajstić information content (AvgIpc) is 3.09. The Kier molecular flexibility index (Phi) is 5.87. The molecule has 0 saturated carbocycles. The monoisotopic (exact) mass is 447 g/mol. The van der Waals surface area contributed by atoms with Gasteiger partial charge in [0.1, 0.15) is 23.1 Å². The Bertz CT molecular complexity index is 1270. The number of ether oxygens (including phenoxy) is 2. The molecular formula is C26H22FNO5. The van der Waals surface area contributed by atoms with E-state index in [2.05, 4.69) is 0 Å². The third-order valence-electron chi connectivity index (χ3n) is 5.57. The molecule has 1 atom stereocenters. The minimum atomic E-state index is -0.962. The molecule has 1 saturated heterocycles. The van der Waals surface area contributed by atoms with Gasteiger partial charge in [0.2, 0.25) is 0 Å². The first-order valence-electron chi connectivity index (χ1n) is 10.2. The van der Waals surface area contributed by atoms with Crippen LogP contribution in [0.2, 0.25) is 0 Å². The van der Waals surface area contributed by atoms with Crippen molar-refractivity contribution in [1.82, 2.24) is 0 Å². The van der Waals surface area contributed by atoms with Crippen molar-refractivity contribution in [3.63, 3.8) is 0 Å². The van der Waals surface area contributed by atoms with Gasteiger partial charge < -0.3 is 14.6 Å². The highest BCUT2D eigenvalue weighted by Gasteiger charge is 2.47. The molecule has 168 valence electrons. The second kappa shape index (κ2) is 8.78. The first-order valence-corrected chi connectivity index (χ1v) is 10.2. The Morgan fingerprint density at radius 2 is 1.70 bits per heavy atom. The van der Waals surface area contributed by atoms with Crippen LogP contribution in [-0.4, -0.2) is 31.0 Å². The zero-order chi connectivity index (χ0) is 23.7. The van der Waals surface area contributed by atoms with Crippen molar-refractivity contribution < 1.29 is 28.6 Å². The summed E-state index contributed by atoms with van der Waals surface area (Å²) in [6, 6.07) is 16.3. The highest BCUT2D eigenvalue weighted by molar-refractivity contribution is 6.51. The minimum Gasteiger partial charge on any atom is -0.507 e. The van der Waals surface area contributed by atoms with Gasteiger partial charge >= 0.3 is 0 Å². The molecule has 1 N–H and O–H groups in total. The van der Waals surface area contributed by atoms with E-state index in [1.54, 1.807) is 36.4 Å². The lowest BCUT2D eigenvalue weighted by molar-refractivity contribution is -0.132. The van der Waals surface area contributed by atoms with Gasteiger partial charge in [0.05, 0.1) is 31.4 Å². The first kappa shape index (κ1) is 22.1. The van der Waals surface area contributed by atoms with Gasteiger partial charge in [0, 0.05) is 5.69 Å². The van der Waals surface area contributed by atoms with Gasteiger partial charge in [-0.1, -0.05) is 23.8 Å². The Morgan fingerprint density at radius 3 is 2.36 bits per heavy atom. The molecule has 0 radical (unpaired) electrons. The number of aryl methyl sites for hydroxylation is 1. The molecule has 33 heavy (non-hydrogen) atoms. The molecule has 3 aromatic carbocycles. The third kappa shape index (κ3) is 3.93. The summed E-state index contributed by atoms with van der Waals surface area (Å²) in [6.45, 7) is 1.84. The first-order chi connectivity index (χ1) is 15.8. The van der Waals surface area contributed by atoms with E-state index in [0.29, 0.717) is 28.3 Å². The molecule has 1 unspecified atom stereocenters. The number of rotatable bonds is 5. The van der Waals surface area contributed by atoms with Crippen molar-refractivity contribution in [2.45, 2.75) is 13.0 Å². The molecule has 1 heterocycles. The van der Waals surface area contributed by atoms with E-state index in [1.807, 2.05) is 13.0 Å². The van der Waals surface area contributed by atoms with Crippen LogP contribution in [-0.2, 0) is 9.59 Å². The molecule has 7 heteroatoms. The van der Waals surface area contributed by atoms with Crippen LogP contribution in [0.5, 0.6) is 11.5 Å². The van der Waals surface area contributed by atoms with Gasteiger partial charge in [-0.2, -0.15) is 0 Å². The van der Waals surface area contributed by atoms with Gasteiger partial charge in [0.15, 0.2) is 0 Å². The number of carbonyl (C=O) groups is 2. The van der Waals surface area contributed by atoms with Crippen LogP contribution in [0.4, 0.5) is 10.1 Å². The number of nitrogens with zero attached hydrogens (tertiary/aromatic N) is 1. The predicted molar refractivity (Wildman–Crippen MR) is 122 cm³/mol. The highest BCUT2D eigenvalue weighted by Crippen LogP contribution is 2.44. The lowest BCUT2D eigenvalue weighted by Gasteiger charge is -2.26. The molecule has 0 aliphatic carbocycles. The van der Waals surface area contributed by atoms with Crippen molar-refractivity contribution in [3.05, 3.63) is 94.8 Å². The summed E-state index contributed by atoms with van der Waals surface area (Å²) < 4.78 is 24.3. The van der Waals surface area contributed by atoms with Crippen LogP contribution >= 0.6 is 0 Å². The van der Waals surface area contributed by atoms with Crippen LogP contribution < -0.4 is 14.4 Å². The maximum atomic E-state index is 13.6. The van der Waals surface area contributed by atoms with Gasteiger partial charge in [-0.05, 0) is 61.0 Å². The molecule has 1 fully saturated rings. The van der Waals surface area contributed by atoms with E-state index in [0.717, 1.165) is 5.56 Å². The van der Waals surface area contributed by atoms with E-state index < -0.39 is 23.5 Å². The largest absolute Gasteiger partial charge is 0.507 e. The fourth-order valence-electron chi connectivity index (χ4n) is 3.98. The molecular weight excluding hydrogens is 425 g/mol. The van der Waals surface area contributed by atoms with Gasteiger partial charge in [-0.3, -0.25) is 14.5 Å². The molecule has 0 aromatic heterocycles. The van der Waals surface area contributed by atoms with E-state index in [-0.39, 0.29) is 11.3 Å². The molecule has 6 nitrogen and oxygen atoms in total. The summed E-state index contributed by atoms with van der Waals surface area (Å²) in [5, 5.41) is 11.3. The topological polar surface area (TPSA) is 76.1 Å². The molecule has 1 aliphatic heterocycles. The van der Waals surface area contributed by atoms with Gasteiger partial charge in [-0.25, -0.2) is 4.39 Å². The number of benzene rings is 3. The van der Waals surface area contributed by atoms with Crippen LogP contribution in [0, 0.1) is 12.7 Å². The fourth-order valence-corrected chi connectivity index (χ4v) is 3.98. The molecule has 4 rings (SSSR count). The maximum Gasteiger partial charge on any atom is 0.300 e. The fraction of sp³-hybridized carbons (Fsp3) is 0.154. The third-order valence-corrected chi connectivity index (χ3v) is 5.57. The highest BCUT2D eigenvalue weighted by atomic mass is 19.1. The van der Waals surface area contributed by atoms with Crippen molar-refractivity contribution in [3.8, 4) is 11.5 Å². The van der Waals surface area contributed by atoms with Gasteiger partial charge in [-0.15, -0.1) is 0 Å². The summed E-state index contributed by atoms with van der Waals surface area (Å²) in [7, 11) is 2.96. The summed E-state index contributed by atoms with van der Waals surface area (Å²) in [6.07, 6.45) is 0. The number of amides is 1. The second-order valence-corrected chi connectivity index (χ2v) is 7.63. The number of aliphatic hydroxyl groups excluding tert-OH is 1. The average molecular weight is 447 g/mol. The number of carbonyl (C=O) groups excluding carboxylic acids is 2. The van der Waals surface area contributed by atoms with Crippen LogP contribution in [0.1, 0.15) is 22.7 Å². The molecule has 1 aliphatic rings. The number of ketones is 1.